The summed E-state index contributed by atoms with van der Waals surface area (Å²) in [6.07, 6.45) is 8.50. The van der Waals surface area contributed by atoms with Crippen LogP contribution in [0.4, 0.5) is 4.39 Å². The maximum Gasteiger partial charge on any atom is 0.132 e. The molecule has 0 saturated heterocycles. The standard InChI is InChI=1S/C18H13ClFN3/c1-2-4-17-21-10-8-16(23-17)13-5-3-9-22-18(13)14-11-12(19)6-7-15(14)20/h2-11,23H,1H2/b17-4+. The third kappa shape index (κ3) is 3.22. The van der Waals surface area contributed by atoms with E-state index in [2.05, 4.69) is 21.9 Å². The first-order valence-corrected chi connectivity index (χ1v) is 7.32. The molecule has 0 aliphatic carbocycles. The van der Waals surface area contributed by atoms with Crippen LogP contribution >= 0.6 is 11.6 Å². The van der Waals surface area contributed by atoms with Crippen molar-refractivity contribution in [1.29, 1.82) is 0 Å². The van der Waals surface area contributed by atoms with Crippen LogP contribution in [0.3, 0.4) is 0 Å². The Morgan fingerprint density at radius 1 is 1.22 bits per heavy atom. The minimum absolute atomic E-state index is 0.354. The number of allylic oxidation sites excluding steroid dienone is 3. The van der Waals surface area contributed by atoms with Gasteiger partial charge in [0.15, 0.2) is 0 Å². The second kappa shape index (κ2) is 6.58. The largest absolute Gasteiger partial charge is 0.340 e. The van der Waals surface area contributed by atoms with Crippen LogP contribution in [0.25, 0.3) is 17.0 Å². The van der Waals surface area contributed by atoms with Gasteiger partial charge in [-0.3, -0.25) is 4.98 Å². The Morgan fingerprint density at radius 3 is 2.91 bits per heavy atom. The molecule has 1 N–H and O–H groups in total. The number of hydrogen-bond acceptors (Lipinski definition) is 3. The molecular formula is C18H13ClFN3. The molecule has 114 valence electrons. The number of benzene rings is 1. The normalized spacial score (nSPS) is 15.2. The molecule has 0 radical (unpaired) electrons. The van der Waals surface area contributed by atoms with Crippen LogP contribution in [0.5, 0.6) is 0 Å². The fourth-order valence-electron chi connectivity index (χ4n) is 2.27. The van der Waals surface area contributed by atoms with Gasteiger partial charge in [-0.2, -0.15) is 0 Å². The van der Waals surface area contributed by atoms with Crippen LogP contribution in [-0.2, 0) is 0 Å². The highest BCUT2D eigenvalue weighted by molar-refractivity contribution is 6.30. The topological polar surface area (TPSA) is 37.3 Å². The van der Waals surface area contributed by atoms with Gasteiger partial charge in [-0.1, -0.05) is 24.3 Å². The van der Waals surface area contributed by atoms with Crippen molar-refractivity contribution >= 4 is 23.5 Å². The lowest BCUT2D eigenvalue weighted by atomic mass is 10.0. The summed E-state index contributed by atoms with van der Waals surface area (Å²) >= 11 is 6.00. The van der Waals surface area contributed by atoms with Crippen LogP contribution < -0.4 is 5.32 Å². The third-order valence-corrected chi connectivity index (χ3v) is 3.51. The van der Waals surface area contributed by atoms with E-state index < -0.39 is 0 Å². The van der Waals surface area contributed by atoms with Gasteiger partial charge in [-0.25, -0.2) is 9.38 Å². The van der Waals surface area contributed by atoms with Gasteiger partial charge >= 0.3 is 0 Å². The Morgan fingerprint density at radius 2 is 2.09 bits per heavy atom. The van der Waals surface area contributed by atoms with Crippen molar-refractivity contribution in [2.75, 3.05) is 0 Å². The lowest BCUT2D eigenvalue weighted by Gasteiger charge is -2.17. The van der Waals surface area contributed by atoms with Gasteiger partial charge < -0.3 is 5.32 Å². The number of aromatic nitrogens is 1. The van der Waals surface area contributed by atoms with E-state index in [0.717, 1.165) is 11.3 Å². The molecule has 2 heterocycles. The molecule has 0 bridgehead atoms. The maximum absolute atomic E-state index is 14.2. The summed E-state index contributed by atoms with van der Waals surface area (Å²) in [6.45, 7) is 3.65. The van der Waals surface area contributed by atoms with Crippen LogP contribution in [0.1, 0.15) is 5.56 Å². The predicted octanol–water partition coefficient (Wildman–Crippen LogP) is 4.58. The number of nitrogens with zero attached hydrogens (tertiary/aromatic N) is 2. The molecule has 1 aliphatic heterocycles. The van der Waals surface area contributed by atoms with Gasteiger partial charge in [0.25, 0.3) is 0 Å². The van der Waals surface area contributed by atoms with Gasteiger partial charge in [-0.15, -0.1) is 0 Å². The first kappa shape index (κ1) is 15.2. The highest BCUT2D eigenvalue weighted by Gasteiger charge is 2.16. The Balaban J connectivity index is 2.11. The summed E-state index contributed by atoms with van der Waals surface area (Å²) in [6, 6.07) is 8.08. The number of nitrogens with one attached hydrogen (secondary N) is 1. The number of pyridine rings is 1. The zero-order valence-corrected chi connectivity index (χ0v) is 12.9. The van der Waals surface area contributed by atoms with Crippen LogP contribution in [-0.4, -0.2) is 11.2 Å². The van der Waals surface area contributed by atoms with Crippen LogP contribution in [0.2, 0.25) is 5.02 Å². The van der Waals surface area contributed by atoms with Crippen molar-refractivity contribution in [3.8, 4) is 11.3 Å². The van der Waals surface area contributed by atoms with Crippen molar-refractivity contribution in [3.05, 3.63) is 83.6 Å². The van der Waals surface area contributed by atoms with E-state index in [1.807, 2.05) is 12.1 Å². The molecule has 0 unspecified atom stereocenters. The molecule has 3 nitrogen and oxygen atoms in total. The van der Waals surface area contributed by atoms with Gasteiger partial charge in [0.05, 0.1) is 11.4 Å². The second-order valence-corrected chi connectivity index (χ2v) is 5.23. The van der Waals surface area contributed by atoms with Crippen molar-refractivity contribution < 1.29 is 4.39 Å². The van der Waals surface area contributed by atoms with Crippen LogP contribution in [0, 0.1) is 5.82 Å². The molecule has 1 aliphatic rings. The zero-order chi connectivity index (χ0) is 16.2. The fourth-order valence-corrected chi connectivity index (χ4v) is 2.45. The van der Waals surface area contributed by atoms with Gasteiger partial charge in [0, 0.05) is 28.6 Å². The molecule has 1 aromatic heterocycles. The molecule has 23 heavy (non-hydrogen) atoms. The fraction of sp³-hybridized carbons (Fsp3) is 0. The summed E-state index contributed by atoms with van der Waals surface area (Å²) in [5, 5.41) is 3.63. The maximum atomic E-state index is 14.2. The molecule has 5 heteroatoms. The Hall–Kier alpha value is -2.72. The summed E-state index contributed by atoms with van der Waals surface area (Å²) in [5.41, 5.74) is 2.40. The average Bonchev–Trinajstić information content (AvgIpc) is 2.58. The van der Waals surface area contributed by atoms with E-state index in [9.17, 15) is 4.39 Å². The highest BCUT2D eigenvalue weighted by Crippen LogP contribution is 2.30. The summed E-state index contributed by atoms with van der Waals surface area (Å²) in [7, 11) is 0. The number of halogens is 2. The average molecular weight is 326 g/mol. The summed E-state index contributed by atoms with van der Waals surface area (Å²) < 4.78 is 14.2. The van der Waals surface area contributed by atoms with Gasteiger partial charge in [-0.05, 0) is 42.5 Å². The molecule has 3 rings (SSSR count). The first-order valence-electron chi connectivity index (χ1n) is 6.94. The molecule has 0 saturated carbocycles. The molecule has 2 aromatic rings. The van der Waals surface area contributed by atoms with E-state index in [1.54, 1.807) is 36.7 Å². The second-order valence-electron chi connectivity index (χ2n) is 4.79. The van der Waals surface area contributed by atoms with E-state index in [4.69, 9.17) is 11.6 Å². The Kier molecular flexibility index (Phi) is 4.35. The van der Waals surface area contributed by atoms with E-state index in [0.29, 0.717) is 22.1 Å². The van der Waals surface area contributed by atoms with E-state index in [-0.39, 0.29) is 5.82 Å². The molecule has 0 spiro atoms. The number of aliphatic imine (C=N–C) groups is 1. The minimum atomic E-state index is -0.374. The van der Waals surface area contributed by atoms with Crippen molar-refractivity contribution in [2.45, 2.75) is 0 Å². The molecule has 1 aromatic carbocycles. The van der Waals surface area contributed by atoms with Crippen molar-refractivity contribution in [1.82, 2.24) is 10.3 Å². The number of rotatable bonds is 3. The first-order chi connectivity index (χ1) is 11.2. The highest BCUT2D eigenvalue weighted by atomic mass is 35.5. The van der Waals surface area contributed by atoms with Crippen molar-refractivity contribution in [2.24, 2.45) is 4.99 Å². The quantitative estimate of drug-likeness (QED) is 0.896. The van der Waals surface area contributed by atoms with Gasteiger partial charge in [0.1, 0.15) is 11.6 Å². The molecule has 0 atom stereocenters. The molecular weight excluding hydrogens is 313 g/mol. The predicted molar refractivity (Wildman–Crippen MR) is 92.5 cm³/mol. The third-order valence-electron chi connectivity index (χ3n) is 3.27. The lowest BCUT2D eigenvalue weighted by Crippen LogP contribution is -2.15. The zero-order valence-electron chi connectivity index (χ0n) is 12.1. The minimum Gasteiger partial charge on any atom is -0.340 e. The van der Waals surface area contributed by atoms with Crippen LogP contribution in [0.15, 0.2) is 72.1 Å². The SMILES string of the molecule is C=C/C=C1\N=CC=C(c2cccnc2-c2cc(Cl)ccc2F)N1. The Labute approximate surface area is 138 Å². The summed E-state index contributed by atoms with van der Waals surface area (Å²) in [5.74, 6) is 0.278. The van der Waals surface area contributed by atoms with Crippen molar-refractivity contribution in [3.63, 3.8) is 0 Å². The summed E-state index contributed by atoms with van der Waals surface area (Å²) in [4.78, 5) is 8.52. The lowest BCUT2D eigenvalue weighted by molar-refractivity contribution is 0.630. The molecule has 0 amide bonds. The van der Waals surface area contributed by atoms with E-state index in [1.165, 1.54) is 12.1 Å². The monoisotopic (exact) mass is 325 g/mol. The Bertz CT molecular complexity index is 853. The van der Waals surface area contributed by atoms with E-state index >= 15 is 0 Å². The number of hydrogen-bond donors (Lipinski definition) is 1. The smallest absolute Gasteiger partial charge is 0.132 e. The molecule has 0 fully saturated rings. The van der Waals surface area contributed by atoms with Gasteiger partial charge in [0.2, 0.25) is 0 Å².